The molecule has 2 aromatic carbocycles. The number of thiazole rings is 2. The first-order valence-corrected chi connectivity index (χ1v) is 11.5. The van der Waals surface area contributed by atoms with Crippen LogP contribution in [0.25, 0.3) is 20.4 Å². The van der Waals surface area contributed by atoms with Gasteiger partial charge < -0.3 is 10.2 Å². The number of aryl methyl sites for hydroxylation is 2. The summed E-state index contributed by atoms with van der Waals surface area (Å²) >= 11 is 3.25. The maximum atomic E-state index is 12.9. The summed E-state index contributed by atoms with van der Waals surface area (Å²) in [5.74, 6) is 0.00804. The minimum atomic E-state index is -0.0498. The van der Waals surface area contributed by atoms with Crippen molar-refractivity contribution < 1.29 is 4.79 Å². The van der Waals surface area contributed by atoms with E-state index in [2.05, 4.69) is 53.3 Å². The second kappa shape index (κ2) is 7.39. The molecule has 148 valence electrons. The SMILES string of the molecule is Cc1ccc2nc(NC(=O)C3CCCN(c4nc5ccc(C)cc5s4)C3)sc2c1. The fourth-order valence-corrected chi connectivity index (χ4v) is 5.88. The van der Waals surface area contributed by atoms with E-state index in [0.29, 0.717) is 11.7 Å². The number of nitrogens with one attached hydrogen (secondary N) is 1. The van der Waals surface area contributed by atoms with Crippen molar-refractivity contribution in [3.8, 4) is 0 Å². The van der Waals surface area contributed by atoms with Crippen molar-refractivity contribution in [1.29, 1.82) is 0 Å². The van der Waals surface area contributed by atoms with E-state index in [-0.39, 0.29) is 11.8 Å². The molecule has 1 aliphatic rings. The van der Waals surface area contributed by atoms with Gasteiger partial charge in [-0.3, -0.25) is 4.79 Å². The van der Waals surface area contributed by atoms with Crippen LogP contribution in [0.1, 0.15) is 24.0 Å². The fraction of sp³-hybridized carbons (Fsp3) is 0.318. The van der Waals surface area contributed by atoms with Crippen LogP contribution in [0.15, 0.2) is 36.4 Å². The van der Waals surface area contributed by atoms with Gasteiger partial charge in [0.1, 0.15) is 0 Å². The number of nitrogens with zero attached hydrogens (tertiary/aromatic N) is 3. The lowest BCUT2D eigenvalue weighted by Gasteiger charge is -2.31. The zero-order chi connectivity index (χ0) is 20.0. The van der Waals surface area contributed by atoms with Crippen molar-refractivity contribution in [3.63, 3.8) is 0 Å². The highest BCUT2D eigenvalue weighted by atomic mass is 32.1. The number of amides is 1. The van der Waals surface area contributed by atoms with Gasteiger partial charge in [-0.2, -0.15) is 0 Å². The molecule has 29 heavy (non-hydrogen) atoms. The zero-order valence-corrected chi connectivity index (χ0v) is 18.1. The highest BCUT2D eigenvalue weighted by Gasteiger charge is 2.28. The third-order valence-electron chi connectivity index (χ3n) is 5.37. The highest BCUT2D eigenvalue weighted by molar-refractivity contribution is 7.22. The maximum absolute atomic E-state index is 12.9. The Kier molecular flexibility index (Phi) is 4.72. The van der Waals surface area contributed by atoms with Gasteiger partial charge in [-0.05, 0) is 62.1 Å². The largest absolute Gasteiger partial charge is 0.347 e. The van der Waals surface area contributed by atoms with Crippen molar-refractivity contribution in [1.82, 2.24) is 9.97 Å². The normalized spacial score (nSPS) is 17.2. The van der Waals surface area contributed by atoms with E-state index in [1.165, 1.54) is 27.2 Å². The molecule has 0 bridgehead atoms. The molecule has 5 nitrogen and oxygen atoms in total. The van der Waals surface area contributed by atoms with E-state index >= 15 is 0 Å². The van der Waals surface area contributed by atoms with Crippen LogP contribution < -0.4 is 10.2 Å². The maximum Gasteiger partial charge on any atom is 0.231 e. The van der Waals surface area contributed by atoms with Crippen LogP contribution in [0.3, 0.4) is 0 Å². The van der Waals surface area contributed by atoms with E-state index in [0.717, 1.165) is 40.3 Å². The van der Waals surface area contributed by atoms with E-state index in [1.807, 2.05) is 12.1 Å². The molecule has 3 heterocycles. The Morgan fingerprint density at radius 2 is 1.72 bits per heavy atom. The number of hydrogen-bond acceptors (Lipinski definition) is 6. The third kappa shape index (κ3) is 3.72. The Morgan fingerprint density at radius 3 is 2.48 bits per heavy atom. The van der Waals surface area contributed by atoms with Gasteiger partial charge in [0.05, 0.1) is 26.4 Å². The summed E-state index contributed by atoms with van der Waals surface area (Å²) < 4.78 is 2.31. The van der Waals surface area contributed by atoms with Crippen molar-refractivity contribution in [2.45, 2.75) is 26.7 Å². The number of fused-ring (bicyclic) bond motifs is 2. The first-order chi connectivity index (χ1) is 14.0. The minimum absolute atomic E-state index is 0.0498. The molecule has 0 saturated carbocycles. The van der Waals surface area contributed by atoms with Crippen molar-refractivity contribution in [2.24, 2.45) is 5.92 Å². The number of hydrogen-bond donors (Lipinski definition) is 1. The smallest absolute Gasteiger partial charge is 0.231 e. The lowest BCUT2D eigenvalue weighted by Crippen LogP contribution is -2.40. The van der Waals surface area contributed by atoms with Crippen LogP contribution in [0.4, 0.5) is 10.3 Å². The van der Waals surface area contributed by atoms with Crippen molar-refractivity contribution >= 4 is 59.3 Å². The standard InChI is InChI=1S/C22H22N4OS2/c1-13-5-7-16-18(10-13)28-21(23-16)25-20(27)15-4-3-9-26(12-15)22-24-17-8-6-14(2)11-19(17)29-22/h5-8,10-11,15H,3-4,9,12H2,1-2H3,(H,23,25,27). The predicted octanol–water partition coefficient (Wildman–Crippen LogP) is 5.38. The Bertz CT molecular complexity index is 1210. The van der Waals surface area contributed by atoms with Gasteiger partial charge in [0, 0.05) is 13.1 Å². The van der Waals surface area contributed by atoms with Crippen molar-refractivity contribution in [2.75, 3.05) is 23.3 Å². The van der Waals surface area contributed by atoms with Crippen LogP contribution in [-0.2, 0) is 4.79 Å². The van der Waals surface area contributed by atoms with Gasteiger partial charge in [-0.15, -0.1) is 0 Å². The summed E-state index contributed by atoms with van der Waals surface area (Å²) in [4.78, 5) is 24.5. The molecule has 5 rings (SSSR count). The quantitative estimate of drug-likeness (QED) is 0.482. The van der Waals surface area contributed by atoms with Crippen LogP contribution in [0, 0.1) is 19.8 Å². The van der Waals surface area contributed by atoms with Crippen LogP contribution >= 0.6 is 22.7 Å². The molecule has 0 radical (unpaired) electrons. The first-order valence-electron chi connectivity index (χ1n) is 9.85. The minimum Gasteiger partial charge on any atom is -0.347 e. The highest BCUT2D eigenvalue weighted by Crippen LogP contribution is 2.33. The number of piperidine rings is 1. The number of aromatic nitrogens is 2. The Labute approximate surface area is 177 Å². The number of benzene rings is 2. The molecule has 4 aromatic rings. The number of anilines is 2. The molecular formula is C22H22N4OS2. The third-order valence-corrected chi connectivity index (χ3v) is 7.38. The molecular weight excluding hydrogens is 400 g/mol. The van der Waals surface area contributed by atoms with E-state index in [4.69, 9.17) is 4.98 Å². The van der Waals surface area contributed by atoms with Crippen LogP contribution in [-0.4, -0.2) is 29.0 Å². The average molecular weight is 423 g/mol. The lowest BCUT2D eigenvalue weighted by molar-refractivity contribution is -0.120. The van der Waals surface area contributed by atoms with E-state index < -0.39 is 0 Å². The van der Waals surface area contributed by atoms with Gasteiger partial charge in [-0.25, -0.2) is 9.97 Å². The summed E-state index contributed by atoms with van der Waals surface area (Å²) in [5, 5.41) is 4.75. The molecule has 1 fully saturated rings. The number of rotatable bonds is 3. The molecule has 1 atom stereocenters. The Balaban J connectivity index is 1.31. The molecule has 1 unspecified atom stereocenters. The molecule has 1 amide bonds. The first kappa shape index (κ1) is 18.5. The van der Waals surface area contributed by atoms with Gasteiger partial charge in [0.15, 0.2) is 10.3 Å². The molecule has 1 saturated heterocycles. The van der Waals surface area contributed by atoms with Gasteiger partial charge >= 0.3 is 0 Å². The molecule has 1 aliphatic heterocycles. The van der Waals surface area contributed by atoms with E-state index in [9.17, 15) is 4.79 Å². The lowest BCUT2D eigenvalue weighted by atomic mass is 9.97. The summed E-state index contributed by atoms with van der Waals surface area (Å²) in [7, 11) is 0. The molecule has 1 N–H and O–H groups in total. The summed E-state index contributed by atoms with van der Waals surface area (Å²) in [6.45, 7) is 5.82. The second-order valence-corrected chi connectivity index (χ2v) is 9.77. The van der Waals surface area contributed by atoms with Gasteiger partial charge in [0.25, 0.3) is 0 Å². The monoisotopic (exact) mass is 422 g/mol. The van der Waals surface area contributed by atoms with Gasteiger partial charge in [0.2, 0.25) is 5.91 Å². The number of carbonyl (C=O) groups excluding carboxylic acids is 1. The molecule has 0 aliphatic carbocycles. The summed E-state index contributed by atoms with van der Waals surface area (Å²) in [6.07, 6.45) is 1.89. The van der Waals surface area contributed by atoms with Crippen LogP contribution in [0.2, 0.25) is 0 Å². The molecule has 7 heteroatoms. The average Bonchev–Trinajstić information content (AvgIpc) is 3.30. The van der Waals surface area contributed by atoms with Crippen molar-refractivity contribution in [3.05, 3.63) is 47.5 Å². The molecule has 2 aromatic heterocycles. The topological polar surface area (TPSA) is 58.1 Å². The number of carbonyl (C=O) groups is 1. The summed E-state index contributed by atoms with van der Waals surface area (Å²) in [5.41, 5.74) is 4.42. The Morgan fingerprint density at radius 1 is 1.03 bits per heavy atom. The Hall–Kier alpha value is -2.51. The van der Waals surface area contributed by atoms with Gasteiger partial charge in [-0.1, -0.05) is 34.8 Å². The predicted molar refractivity (Wildman–Crippen MR) is 122 cm³/mol. The fourth-order valence-electron chi connectivity index (χ4n) is 3.81. The zero-order valence-electron chi connectivity index (χ0n) is 16.4. The summed E-state index contributed by atoms with van der Waals surface area (Å²) in [6, 6.07) is 12.5. The molecule has 0 spiro atoms. The second-order valence-electron chi connectivity index (χ2n) is 7.73. The van der Waals surface area contributed by atoms with Crippen LogP contribution in [0.5, 0.6) is 0 Å². The van der Waals surface area contributed by atoms with E-state index in [1.54, 1.807) is 11.3 Å².